The van der Waals surface area contributed by atoms with Crippen LogP contribution in [0, 0.1) is 17.8 Å². The summed E-state index contributed by atoms with van der Waals surface area (Å²) in [4.78, 5) is 36.3. The molecule has 0 bridgehead atoms. The van der Waals surface area contributed by atoms with Crippen molar-refractivity contribution in [2.45, 2.75) is 44.9 Å². The summed E-state index contributed by atoms with van der Waals surface area (Å²) in [5.41, 5.74) is 0.989. The lowest BCUT2D eigenvalue weighted by Gasteiger charge is -2.24. The van der Waals surface area contributed by atoms with Crippen LogP contribution in [0.3, 0.4) is 0 Å². The number of anilines is 2. The van der Waals surface area contributed by atoms with E-state index < -0.39 is 17.8 Å². The molecule has 3 rings (SSSR count). The minimum atomic E-state index is -0.969. The number of benzene rings is 1. The summed E-state index contributed by atoms with van der Waals surface area (Å²) in [5.74, 6) is -2.65. The van der Waals surface area contributed by atoms with Crippen molar-refractivity contribution in [1.29, 1.82) is 0 Å². The highest BCUT2D eigenvalue weighted by molar-refractivity contribution is 6.34. The Kier molecular flexibility index (Phi) is 6.73. The number of carboxylic acids is 1. The van der Waals surface area contributed by atoms with Crippen LogP contribution in [0.25, 0.3) is 0 Å². The maximum atomic E-state index is 12.5. The standard InChI is InChI=1S/C21H25ClN2O4/c22-17-12-14(23-20(26)15-8-4-5-9-16(15)21(27)28)10-11-18(17)24-19(25)13-6-2-1-3-7-13/h4-5,10-13,15-16H,1-3,6-9H2,(H,23,26)(H,24,25)(H,27,28). The highest BCUT2D eigenvalue weighted by atomic mass is 35.5. The number of aliphatic carboxylic acids is 1. The lowest BCUT2D eigenvalue weighted by Crippen LogP contribution is -2.34. The van der Waals surface area contributed by atoms with Gasteiger partial charge in [-0.1, -0.05) is 43.0 Å². The Morgan fingerprint density at radius 2 is 1.61 bits per heavy atom. The number of hydrogen-bond acceptors (Lipinski definition) is 3. The van der Waals surface area contributed by atoms with E-state index in [2.05, 4.69) is 10.6 Å². The fraction of sp³-hybridized carbons (Fsp3) is 0.476. The molecular formula is C21H25ClN2O4. The minimum absolute atomic E-state index is 0.0170. The smallest absolute Gasteiger partial charge is 0.307 e. The second-order valence-electron chi connectivity index (χ2n) is 7.50. The van der Waals surface area contributed by atoms with Crippen molar-refractivity contribution in [3.8, 4) is 0 Å². The Bertz CT molecular complexity index is 787. The third kappa shape index (κ3) is 4.93. The lowest BCUT2D eigenvalue weighted by molar-refractivity contribution is -0.146. The Morgan fingerprint density at radius 1 is 0.929 bits per heavy atom. The third-order valence-corrected chi connectivity index (χ3v) is 5.87. The van der Waals surface area contributed by atoms with E-state index >= 15 is 0 Å². The van der Waals surface area contributed by atoms with E-state index in [1.165, 1.54) is 6.42 Å². The lowest BCUT2D eigenvalue weighted by atomic mass is 9.82. The van der Waals surface area contributed by atoms with E-state index in [0.717, 1.165) is 25.7 Å². The summed E-state index contributed by atoms with van der Waals surface area (Å²) < 4.78 is 0. The molecule has 0 heterocycles. The molecule has 3 N–H and O–H groups in total. The van der Waals surface area contributed by atoms with Crippen LogP contribution < -0.4 is 10.6 Å². The molecule has 2 atom stereocenters. The largest absolute Gasteiger partial charge is 0.481 e. The Balaban J connectivity index is 1.63. The molecule has 0 radical (unpaired) electrons. The molecule has 1 saturated carbocycles. The average Bonchev–Trinajstić information content (AvgIpc) is 2.70. The van der Waals surface area contributed by atoms with Gasteiger partial charge in [-0.3, -0.25) is 14.4 Å². The van der Waals surface area contributed by atoms with E-state index in [9.17, 15) is 19.5 Å². The van der Waals surface area contributed by atoms with Crippen molar-refractivity contribution < 1.29 is 19.5 Å². The molecule has 0 aliphatic heterocycles. The zero-order valence-electron chi connectivity index (χ0n) is 15.6. The number of hydrogen-bond donors (Lipinski definition) is 3. The van der Waals surface area contributed by atoms with Gasteiger partial charge in [0.05, 0.1) is 22.5 Å². The molecule has 2 amide bonds. The number of carboxylic acid groups (broad SMARTS) is 1. The quantitative estimate of drug-likeness (QED) is 0.631. The SMILES string of the molecule is O=C(Nc1ccc(NC(=O)C2CC=CCC2C(=O)O)cc1Cl)C1CCCCC1. The van der Waals surface area contributed by atoms with Crippen LogP contribution in [0.5, 0.6) is 0 Å². The summed E-state index contributed by atoms with van der Waals surface area (Å²) >= 11 is 6.29. The van der Waals surface area contributed by atoms with Crippen molar-refractivity contribution >= 4 is 40.8 Å². The number of halogens is 1. The highest BCUT2D eigenvalue weighted by Crippen LogP contribution is 2.31. The zero-order valence-corrected chi connectivity index (χ0v) is 16.4. The van der Waals surface area contributed by atoms with Gasteiger partial charge < -0.3 is 15.7 Å². The van der Waals surface area contributed by atoms with E-state index in [1.807, 2.05) is 6.08 Å². The normalized spacial score (nSPS) is 22.5. The van der Waals surface area contributed by atoms with Gasteiger partial charge in [-0.15, -0.1) is 0 Å². The van der Waals surface area contributed by atoms with Crippen molar-refractivity contribution in [3.63, 3.8) is 0 Å². The second-order valence-corrected chi connectivity index (χ2v) is 7.91. The van der Waals surface area contributed by atoms with Gasteiger partial charge in [0.15, 0.2) is 0 Å². The summed E-state index contributed by atoms with van der Waals surface area (Å²) in [5, 5.41) is 15.3. The van der Waals surface area contributed by atoms with E-state index in [1.54, 1.807) is 24.3 Å². The molecule has 1 fully saturated rings. The van der Waals surface area contributed by atoms with Crippen LogP contribution in [0.1, 0.15) is 44.9 Å². The van der Waals surface area contributed by atoms with Crippen LogP contribution in [-0.4, -0.2) is 22.9 Å². The molecule has 7 heteroatoms. The van der Waals surface area contributed by atoms with E-state index in [4.69, 9.17) is 11.6 Å². The molecule has 0 saturated heterocycles. The molecule has 0 spiro atoms. The van der Waals surface area contributed by atoms with Gasteiger partial charge in [0.2, 0.25) is 11.8 Å². The predicted molar refractivity (Wildman–Crippen MR) is 108 cm³/mol. The topological polar surface area (TPSA) is 95.5 Å². The summed E-state index contributed by atoms with van der Waals surface area (Å²) in [6.07, 6.45) is 9.50. The van der Waals surface area contributed by atoms with Crippen LogP contribution in [0.2, 0.25) is 5.02 Å². The van der Waals surface area contributed by atoms with Gasteiger partial charge in [0, 0.05) is 11.6 Å². The number of nitrogens with one attached hydrogen (secondary N) is 2. The van der Waals surface area contributed by atoms with Gasteiger partial charge in [-0.2, -0.15) is 0 Å². The van der Waals surface area contributed by atoms with Gasteiger partial charge in [-0.05, 0) is 43.9 Å². The molecule has 0 aromatic heterocycles. The molecular weight excluding hydrogens is 380 g/mol. The minimum Gasteiger partial charge on any atom is -0.481 e. The fourth-order valence-corrected chi connectivity index (χ4v) is 4.13. The fourth-order valence-electron chi connectivity index (χ4n) is 3.91. The van der Waals surface area contributed by atoms with Gasteiger partial charge in [0.25, 0.3) is 0 Å². The monoisotopic (exact) mass is 404 g/mol. The molecule has 1 aromatic carbocycles. The summed E-state index contributed by atoms with van der Waals surface area (Å²) in [6.45, 7) is 0. The second kappa shape index (κ2) is 9.24. The molecule has 28 heavy (non-hydrogen) atoms. The molecule has 6 nitrogen and oxygen atoms in total. The Hall–Kier alpha value is -2.34. The zero-order chi connectivity index (χ0) is 20.1. The summed E-state index contributed by atoms with van der Waals surface area (Å²) in [7, 11) is 0. The molecule has 2 unspecified atom stereocenters. The predicted octanol–water partition coefficient (Wildman–Crippen LogP) is 4.46. The van der Waals surface area contributed by atoms with Gasteiger partial charge in [0.1, 0.15) is 0 Å². The third-order valence-electron chi connectivity index (χ3n) is 5.56. The van der Waals surface area contributed by atoms with Gasteiger partial charge >= 0.3 is 5.97 Å². The van der Waals surface area contributed by atoms with Crippen molar-refractivity contribution in [3.05, 3.63) is 35.4 Å². The summed E-state index contributed by atoms with van der Waals surface area (Å²) in [6, 6.07) is 4.90. The molecule has 150 valence electrons. The Morgan fingerprint density at radius 3 is 2.25 bits per heavy atom. The van der Waals surface area contributed by atoms with E-state index in [0.29, 0.717) is 29.2 Å². The first-order chi connectivity index (χ1) is 13.5. The van der Waals surface area contributed by atoms with Crippen molar-refractivity contribution in [2.75, 3.05) is 10.6 Å². The first kappa shape index (κ1) is 20.4. The Labute approximate surface area is 169 Å². The van der Waals surface area contributed by atoms with E-state index in [-0.39, 0.29) is 17.7 Å². The van der Waals surface area contributed by atoms with Crippen LogP contribution in [0.4, 0.5) is 11.4 Å². The number of rotatable bonds is 5. The number of allylic oxidation sites excluding steroid dienone is 2. The van der Waals surface area contributed by atoms with Gasteiger partial charge in [-0.25, -0.2) is 0 Å². The number of carbonyl (C=O) groups excluding carboxylic acids is 2. The molecule has 2 aliphatic rings. The van der Waals surface area contributed by atoms with Crippen molar-refractivity contribution in [2.24, 2.45) is 17.8 Å². The maximum Gasteiger partial charge on any atom is 0.307 e. The average molecular weight is 405 g/mol. The first-order valence-electron chi connectivity index (χ1n) is 9.75. The van der Waals surface area contributed by atoms with Crippen LogP contribution in [-0.2, 0) is 14.4 Å². The van der Waals surface area contributed by atoms with Crippen LogP contribution in [0.15, 0.2) is 30.4 Å². The van der Waals surface area contributed by atoms with Crippen LogP contribution >= 0.6 is 11.6 Å². The number of carbonyl (C=O) groups is 3. The molecule has 2 aliphatic carbocycles. The first-order valence-corrected chi connectivity index (χ1v) is 10.1. The maximum absolute atomic E-state index is 12.5. The molecule has 1 aromatic rings. The highest BCUT2D eigenvalue weighted by Gasteiger charge is 2.34. The number of amides is 2. The van der Waals surface area contributed by atoms with Crippen molar-refractivity contribution in [1.82, 2.24) is 0 Å².